The maximum Gasteiger partial charge on any atom is 0.407 e. The normalized spacial score (nSPS) is 21.0. The lowest BCUT2D eigenvalue weighted by molar-refractivity contribution is 0.0528. The van der Waals surface area contributed by atoms with Crippen molar-refractivity contribution in [2.24, 2.45) is 5.92 Å². The Hall–Kier alpha value is -0.810. The number of carbonyl (C=O) groups is 1. The van der Waals surface area contributed by atoms with Crippen LogP contribution in [-0.4, -0.2) is 56.4 Å². The molecular formula is C13H27N3O2. The predicted octanol–water partition coefficient (Wildman–Crippen LogP) is 1.05. The minimum atomic E-state index is -0.425. The van der Waals surface area contributed by atoms with Crippen LogP contribution in [0.4, 0.5) is 4.79 Å². The van der Waals surface area contributed by atoms with Crippen molar-refractivity contribution in [3.8, 4) is 0 Å². The molecule has 1 unspecified atom stereocenters. The number of alkyl carbamates (subject to hydrolysis) is 1. The lowest BCUT2D eigenvalue weighted by Gasteiger charge is -2.19. The summed E-state index contributed by atoms with van der Waals surface area (Å²) in [6.07, 6.45) is 0.924. The predicted molar refractivity (Wildman–Crippen MR) is 72.7 cm³/mol. The van der Waals surface area contributed by atoms with Gasteiger partial charge in [0, 0.05) is 19.6 Å². The lowest BCUT2D eigenvalue weighted by atomic mass is 10.1. The monoisotopic (exact) mass is 257 g/mol. The largest absolute Gasteiger partial charge is 0.444 e. The second kappa shape index (κ2) is 6.95. The molecule has 106 valence electrons. The molecular weight excluding hydrogens is 230 g/mol. The van der Waals surface area contributed by atoms with E-state index in [1.165, 1.54) is 19.5 Å². The van der Waals surface area contributed by atoms with Crippen molar-refractivity contribution < 1.29 is 9.53 Å². The van der Waals surface area contributed by atoms with Crippen LogP contribution >= 0.6 is 0 Å². The van der Waals surface area contributed by atoms with E-state index in [1.807, 2.05) is 20.8 Å². The van der Waals surface area contributed by atoms with E-state index < -0.39 is 5.60 Å². The zero-order chi connectivity index (χ0) is 13.6. The molecule has 1 aliphatic heterocycles. The lowest BCUT2D eigenvalue weighted by Crippen LogP contribution is -2.37. The standard InChI is InChI=1S/C13H27N3O2/c1-13(2,3)18-12(17)15-7-6-14-9-11-5-8-16(4)10-11/h11,14H,5-10H2,1-4H3,(H,15,17). The second-order valence-electron chi connectivity index (χ2n) is 6.05. The van der Waals surface area contributed by atoms with Gasteiger partial charge in [-0.2, -0.15) is 0 Å². The molecule has 5 nitrogen and oxygen atoms in total. The Balaban J connectivity index is 1.97. The summed E-state index contributed by atoms with van der Waals surface area (Å²) in [6, 6.07) is 0. The van der Waals surface area contributed by atoms with Crippen LogP contribution in [-0.2, 0) is 4.74 Å². The van der Waals surface area contributed by atoms with Crippen molar-refractivity contribution in [3.63, 3.8) is 0 Å². The summed E-state index contributed by atoms with van der Waals surface area (Å²) in [5.74, 6) is 0.747. The molecule has 1 saturated heterocycles. The fraction of sp³-hybridized carbons (Fsp3) is 0.923. The van der Waals surface area contributed by atoms with Crippen LogP contribution in [0.15, 0.2) is 0 Å². The molecule has 1 heterocycles. The van der Waals surface area contributed by atoms with Crippen LogP contribution in [0.3, 0.4) is 0 Å². The molecule has 0 aromatic carbocycles. The molecule has 1 aliphatic rings. The van der Waals surface area contributed by atoms with Gasteiger partial charge in [-0.15, -0.1) is 0 Å². The Morgan fingerprint density at radius 2 is 2.11 bits per heavy atom. The van der Waals surface area contributed by atoms with Gasteiger partial charge in [-0.25, -0.2) is 4.79 Å². The summed E-state index contributed by atoms with van der Waals surface area (Å²) in [5, 5.41) is 6.11. The number of rotatable bonds is 5. The van der Waals surface area contributed by atoms with Crippen molar-refractivity contribution in [1.82, 2.24) is 15.5 Å². The molecule has 0 aromatic rings. The van der Waals surface area contributed by atoms with E-state index in [0.717, 1.165) is 19.0 Å². The van der Waals surface area contributed by atoms with Crippen molar-refractivity contribution in [2.75, 3.05) is 39.8 Å². The van der Waals surface area contributed by atoms with Gasteiger partial charge in [-0.1, -0.05) is 0 Å². The first-order valence-electron chi connectivity index (χ1n) is 6.73. The number of hydrogen-bond acceptors (Lipinski definition) is 4. The Morgan fingerprint density at radius 1 is 1.39 bits per heavy atom. The molecule has 2 N–H and O–H groups in total. The summed E-state index contributed by atoms with van der Waals surface area (Å²) < 4.78 is 5.15. The Labute approximate surface area is 110 Å². The summed E-state index contributed by atoms with van der Waals surface area (Å²) >= 11 is 0. The Kier molecular flexibility index (Phi) is 5.88. The highest BCUT2D eigenvalue weighted by Gasteiger charge is 2.18. The molecule has 0 aromatic heterocycles. The van der Waals surface area contributed by atoms with Crippen molar-refractivity contribution in [3.05, 3.63) is 0 Å². The average Bonchev–Trinajstić information content (AvgIpc) is 2.61. The minimum Gasteiger partial charge on any atom is -0.444 e. The molecule has 1 rings (SSSR count). The number of hydrogen-bond donors (Lipinski definition) is 2. The second-order valence-corrected chi connectivity index (χ2v) is 6.05. The Bertz CT molecular complexity index is 263. The first-order valence-corrected chi connectivity index (χ1v) is 6.73. The molecule has 1 atom stereocenters. The van der Waals surface area contributed by atoms with E-state index in [0.29, 0.717) is 6.54 Å². The van der Waals surface area contributed by atoms with E-state index in [9.17, 15) is 4.79 Å². The van der Waals surface area contributed by atoms with Crippen LogP contribution in [0.2, 0.25) is 0 Å². The molecule has 0 saturated carbocycles. The van der Waals surface area contributed by atoms with Crippen LogP contribution in [0.5, 0.6) is 0 Å². The summed E-state index contributed by atoms with van der Waals surface area (Å²) in [5.41, 5.74) is -0.425. The van der Waals surface area contributed by atoms with Gasteiger partial charge in [0.2, 0.25) is 0 Å². The fourth-order valence-corrected chi connectivity index (χ4v) is 2.07. The van der Waals surface area contributed by atoms with Gasteiger partial charge in [0.05, 0.1) is 0 Å². The van der Waals surface area contributed by atoms with Crippen molar-refractivity contribution in [2.45, 2.75) is 32.8 Å². The summed E-state index contributed by atoms with van der Waals surface area (Å²) in [4.78, 5) is 13.7. The maximum absolute atomic E-state index is 11.4. The molecule has 5 heteroatoms. The Morgan fingerprint density at radius 3 is 2.67 bits per heavy atom. The van der Waals surface area contributed by atoms with Crippen LogP contribution in [0, 0.1) is 5.92 Å². The topological polar surface area (TPSA) is 53.6 Å². The average molecular weight is 257 g/mol. The quantitative estimate of drug-likeness (QED) is 0.723. The van der Waals surface area contributed by atoms with E-state index in [1.54, 1.807) is 0 Å². The SMILES string of the molecule is CN1CCC(CNCCNC(=O)OC(C)(C)C)C1. The first-order chi connectivity index (χ1) is 8.37. The molecule has 0 radical (unpaired) electrons. The highest BCUT2D eigenvalue weighted by atomic mass is 16.6. The number of nitrogens with one attached hydrogen (secondary N) is 2. The van der Waals surface area contributed by atoms with Gasteiger partial charge in [-0.3, -0.25) is 0 Å². The number of likely N-dealkylation sites (tertiary alicyclic amines) is 1. The highest BCUT2D eigenvalue weighted by molar-refractivity contribution is 5.67. The first kappa shape index (κ1) is 15.2. The van der Waals surface area contributed by atoms with Gasteiger partial charge >= 0.3 is 6.09 Å². The van der Waals surface area contributed by atoms with E-state index in [-0.39, 0.29) is 6.09 Å². The highest BCUT2D eigenvalue weighted by Crippen LogP contribution is 2.12. The molecule has 1 fully saturated rings. The van der Waals surface area contributed by atoms with E-state index in [2.05, 4.69) is 22.6 Å². The minimum absolute atomic E-state index is 0.343. The summed E-state index contributed by atoms with van der Waals surface area (Å²) in [7, 11) is 2.16. The van der Waals surface area contributed by atoms with Crippen molar-refractivity contribution in [1.29, 1.82) is 0 Å². The van der Waals surface area contributed by atoms with Gasteiger partial charge in [0.25, 0.3) is 0 Å². The van der Waals surface area contributed by atoms with Crippen LogP contribution < -0.4 is 10.6 Å². The van der Waals surface area contributed by atoms with Crippen molar-refractivity contribution >= 4 is 6.09 Å². The number of amides is 1. The number of nitrogens with zero attached hydrogens (tertiary/aromatic N) is 1. The van der Waals surface area contributed by atoms with Gasteiger partial charge in [0.15, 0.2) is 0 Å². The molecule has 0 bridgehead atoms. The molecule has 0 aliphatic carbocycles. The molecule has 0 spiro atoms. The smallest absolute Gasteiger partial charge is 0.407 e. The summed E-state index contributed by atoms with van der Waals surface area (Å²) in [6.45, 7) is 10.4. The third-order valence-electron chi connectivity index (χ3n) is 2.89. The molecule has 1 amide bonds. The van der Waals surface area contributed by atoms with Gasteiger partial charge < -0.3 is 20.3 Å². The third kappa shape index (κ3) is 6.81. The van der Waals surface area contributed by atoms with E-state index in [4.69, 9.17) is 4.74 Å². The van der Waals surface area contributed by atoms with Gasteiger partial charge in [0.1, 0.15) is 5.60 Å². The fourth-order valence-electron chi connectivity index (χ4n) is 2.07. The zero-order valence-corrected chi connectivity index (χ0v) is 12.1. The van der Waals surface area contributed by atoms with Crippen LogP contribution in [0.25, 0.3) is 0 Å². The number of ether oxygens (including phenoxy) is 1. The molecule has 18 heavy (non-hydrogen) atoms. The van der Waals surface area contributed by atoms with Gasteiger partial charge in [-0.05, 0) is 53.2 Å². The third-order valence-corrected chi connectivity index (χ3v) is 2.89. The van der Waals surface area contributed by atoms with Crippen LogP contribution in [0.1, 0.15) is 27.2 Å². The number of carbonyl (C=O) groups excluding carboxylic acids is 1. The zero-order valence-electron chi connectivity index (χ0n) is 12.1. The maximum atomic E-state index is 11.4. The van der Waals surface area contributed by atoms with E-state index >= 15 is 0 Å².